The van der Waals surface area contributed by atoms with Crippen LogP contribution in [-0.2, 0) is 38.3 Å². The van der Waals surface area contributed by atoms with Crippen LogP contribution in [0.4, 0.5) is 0 Å². The predicted octanol–water partition coefficient (Wildman–Crippen LogP) is 9.97. The van der Waals surface area contributed by atoms with E-state index in [2.05, 4.69) is 66.6 Å². The summed E-state index contributed by atoms with van der Waals surface area (Å²) in [5.41, 5.74) is 0. The number of aliphatic hydroxyl groups excluding tert-OH is 3. The number of esters is 1. The highest BCUT2D eigenvalue weighted by Gasteiger charge is 2.48. The van der Waals surface area contributed by atoms with Gasteiger partial charge in [0.15, 0.2) is 6.29 Å². The summed E-state index contributed by atoms with van der Waals surface area (Å²) in [6, 6.07) is 0. The van der Waals surface area contributed by atoms with Crippen molar-refractivity contribution in [3.05, 3.63) is 48.6 Å². The number of rotatable bonds is 40. The van der Waals surface area contributed by atoms with Gasteiger partial charge in [-0.2, -0.15) is 8.42 Å². The summed E-state index contributed by atoms with van der Waals surface area (Å²) in [5.74, 6) is -0.412. The van der Waals surface area contributed by atoms with Crippen molar-refractivity contribution in [3.8, 4) is 0 Å². The van der Waals surface area contributed by atoms with E-state index in [1.165, 1.54) is 77.0 Å². The van der Waals surface area contributed by atoms with Crippen molar-refractivity contribution in [3.63, 3.8) is 0 Å². The number of unbranched alkanes of at least 4 members (excludes halogenated alkanes) is 19. The SMILES string of the molecule is CC/C=C\C/C=C\C/C=C\CCCCCCCCCC(=O)OC(COCCCCCCCC/C=C\CCCCCCCC)COC1OC(CO)C(O)C(OS(=O)(=O)O)C1O. The molecule has 12 nitrogen and oxygen atoms in total. The third kappa shape index (κ3) is 31.8. The molecule has 60 heavy (non-hydrogen) atoms. The number of aliphatic hydroxyl groups is 3. The fourth-order valence-electron chi connectivity index (χ4n) is 6.92. The number of hydrogen-bond acceptors (Lipinski definition) is 11. The van der Waals surface area contributed by atoms with Crippen molar-refractivity contribution in [1.29, 1.82) is 0 Å². The summed E-state index contributed by atoms with van der Waals surface area (Å²) in [4.78, 5) is 12.9. The fraction of sp³-hybridized carbons (Fsp3) is 0.809. The lowest BCUT2D eigenvalue weighted by Crippen LogP contribution is -2.60. The molecule has 350 valence electrons. The maximum atomic E-state index is 12.9. The van der Waals surface area contributed by atoms with E-state index >= 15 is 0 Å². The number of hydrogen-bond donors (Lipinski definition) is 4. The predicted molar refractivity (Wildman–Crippen MR) is 239 cm³/mol. The smallest absolute Gasteiger partial charge is 0.397 e. The first-order valence-corrected chi connectivity index (χ1v) is 24.8. The second kappa shape index (κ2) is 38.7. The number of ether oxygens (including phenoxy) is 4. The summed E-state index contributed by atoms with van der Waals surface area (Å²) in [6.07, 6.45) is 37.1. The Morgan fingerprint density at radius 1 is 0.650 bits per heavy atom. The number of carbonyl (C=O) groups excluding carboxylic acids is 1. The van der Waals surface area contributed by atoms with E-state index in [0.29, 0.717) is 13.0 Å². The molecule has 1 heterocycles. The summed E-state index contributed by atoms with van der Waals surface area (Å²) in [5, 5.41) is 30.7. The Hall–Kier alpha value is -1.94. The van der Waals surface area contributed by atoms with Crippen LogP contribution < -0.4 is 0 Å². The molecular weight excluding hydrogens is 789 g/mol. The van der Waals surface area contributed by atoms with Gasteiger partial charge in [0.2, 0.25) is 0 Å². The Balaban J connectivity index is 2.43. The van der Waals surface area contributed by atoms with Gasteiger partial charge < -0.3 is 34.3 Å². The molecular formula is C47H84O12S. The third-order valence-electron chi connectivity index (χ3n) is 10.4. The molecule has 0 bridgehead atoms. The maximum absolute atomic E-state index is 12.9. The molecule has 0 saturated carbocycles. The van der Waals surface area contributed by atoms with Crippen molar-refractivity contribution < 1.29 is 56.2 Å². The van der Waals surface area contributed by atoms with Crippen molar-refractivity contribution >= 4 is 16.4 Å². The second-order valence-electron chi connectivity index (χ2n) is 16.0. The molecule has 1 aliphatic heterocycles. The highest BCUT2D eigenvalue weighted by molar-refractivity contribution is 7.80. The van der Waals surface area contributed by atoms with Crippen LogP contribution in [-0.4, -0.2) is 97.5 Å². The molecule has 1 rings (SSSR count). The summed E-state index contributed by atoms with van der Waals surface area (Å²) < 4.78 is 59.1. The molecule has 0 amide bonds. The molecule has 0 aromatic carbocycles. The summed E-state index contributed by atoms with van der Waals surface area (Å²) in [7, 11) is -5.06. The molecule has 1 saturated heterocycles. The molecule has 6 atom stereocenters. The highest BCUT2D eigenvalue weighted by atomic mass is 32.3. The van der Waals surface area contributed by atoms with Crippen LogP contribution in [0.3, 0.4) is 0 Å². The van der Waals surface area contributed by atoms with Crippen molar-refractivity contribution in [2.75, 3.05) is 26.4 Å². The van der Waals surface area contributed by atoms with Gasteiger partial charge in [0.1, 0.15) is 30.5 Å². The van der Waals surface area contributed by atoms with Gasteiger partial charge in [-0.1, -0.05) is 152 Å². The first-order valence-electron chi connectivity index (χ1n) is 23.4. The fourth-order valence-corrected chi connectivity index (χ4v) is 7.42. The average molecular weight is 873 g/mol. The summed E-state index contributed by atoms with van der Waals surface area (Å²) >= 11 is 0. The highest BCUT2D eigenvalue weighted by Crippen LogP contribution is 2.26. The number of allylic oxidation sites excluding steroid dienone is 8. The van der Waals surface area contributed by atoms with E-state index < -0.39 is 59.8 Å². The molecule has 1 fully saturated rings. The molecule has 0 radical (unpaired) electrons. The molecule has 1 aliphatic rings. The Kier molecular flexibility index (Phi) is 36.2. The average Bonchev–Trinajstić information content (AvgIpc) is 3.22. The van der Waals surface area contributed by atoms with Gasteiger partial charge in [-0.05, 0) is 70.6 Å². The van der Waals surface area contributed by atoms with E-state index in [0.717, 1.165) is 77.0 Å². The van der Waals surface area contributed by atoms with E-state index in [9.17, 15) is 28.5 Å². The van der Waals surface area contributed by atoms with E-state index in [1.807, 2.05) is 0 Å². The van der Waals surface area contributed by atoms with Crippen LogP contribution >= 0.6 is 0 Å². The molecule has 6 unspecified atom stereocenters. The van der Waals surface area contributed by atoms with Crippen molar-refractivity contribution in [1.82, 2.24) is 0 Å². The lowest BCUT2D eigenvalue weighted by atomic mass is 9.99. The molecule has 13 heteroatoms. The Morgan fingerprint density at radius 2 is 1.15 bits per heavy atom. The van der Waals surface area contributed by atoms with Crippen LogP contribution in [0.15, 0.2) is 48.6 Å². The monoisotopic (exact) mass is 873 g/mol. The molecule has 4 N–H and O–H groups in total. The standard InChI is InChI=1S/C47H84O12S/c1-3-5-7-9-11-13-15-17-19-21-22-24-26-28-30-32-34-36-43(49)57-41(40-56-47-45(51)46(59-60(52,53)54)44(50)42(38-48)58-47)39-55-37-35-33-31-29-27-25-23-20-18-16-14-12-10-8-6-4-2/h5,7,11,13,17-20,41-42,44-48,50-51H,3-4,6,8-10,12,14-16,21-40H2,1-2H3,(H,52,53,54)/b7-5-,13-11-,19-17-,20-18-. The molecule has 0 spiro atoms. The normalized spacial score (nSPS) is 20.7. The zero-order valence-corrected chi connectivity index (χ0v) is 38.1. The summed E-state index contributed by atoms with van der Waals surface area (Å²) in [6.45, 7) is 3.85. The van der Waals surface area contributed by atoms with Crippen LogP contribution in [0.1, 0.15) is 181 Å². The van der Waals surface area contributed by atoms with Crippen LogP contribution in [0.25, 0.3) is 0 Å². The largest absolute Gasteiger partial charge is 0.457 e. The van der Waals surface area contributed by atoms with Crippen molar-refractivity contribution in [2.24, 2.45) is 0 Å². The van der Waals surface area contributed by atoms with Gasteiger partial charge in [-0.15, -0.1) is 0 Å². The minimum atomic E-state index is -5.06. The van der Waals surface area contributed by atoms with Crippen LogP contribution in [0.2, 0.25) is 0 Å². The topological polar surface area (TPSA) is 178 Å². The minimum Gasteiger partial charge on any atom is -0.457 e. The first-order chi connectivity index (χ1) is 29.1. The lowest BCUT2D eigenvalue weighted by molar-refractivity contribution is -0.301. The van der Waals surface area contributed by atoms with Gasteiger partial charge in [-0.25, -0.2) is 4.18 Å². The van der Waals surface area contributed by atoms with Crippen LogP contribution in [0.5, 0.6) is 0 Å². The maximum Gasteiger partial charge on any atom is 0.397 e. The van der Waals surface area contributed by atoms with Crippen molar-refractivity contribution in [2.45, 2.75) is 218 Å². The zero-order chi connectivity index (χ0) is 43.9. The van der Waals surface area contributed by atoms with Gasteiger partial charge in [0, 0.05) is 13.0 Å². The quantitative estimate of drug-likeness (QED) is 0.0199. The first kappa shape index (κ1) is 56.1. The lowest BCUT2D eigenvalue weighted by Gasteiger charge is -2.41. The Labute approximate surface area is 364 Å². The zero-order valence-electron chi connectivity index (χ0n) is 37.3. The van der Waals surface area contributed by atoms with E-state index in [4.69, 9.17) is 23.5 Å². The van der Waals surface area contributed by atoms with Crippen LogP contribution in [0, 0.1) is 0 Å². The van der Waals surface area contributed by atoms with E-state index in [-0.39, 0.29) is 19.6 Å². The minimum absolute atomic E-state index is 0.0269. The number of carbonyl (C=O) groups is 1. The Bertz CT molecular complexity index is 1240. The van der Waals surface area contributed by atoms with Gasteiger partial charge in [0.05, 0.1) is 19.8 Å². The Morgan fingerprint density at radius 3 is 1.70 bits per heavy atom. The third-order valence-corrected chi connectivity index (χ3v) is 10.9. The van der Waals surface area contributed by atoms with Gasteiger partial charge in [0.25, 0.3) is 0 Å². The van der Waals surface area contributed by atoms with Gasteiger partial charge in [-0.3, -0.25) is 9.35 Å². The molecule has 0 aromatic rings. The molecule has 0 aliphatic carbocycles. The van der Waals surface area contributed by atoms with E-state index in [1.54, 1.807) is 0 Å². The van der Waals surface area contributed by atoms with Gasteiger partial charge >= 0.3 is 16.4 Å². The second-order valence-corrected chi connectivity index (χ2v) is 17.0. The molecule has 0 aromatic heterocycles.